The summed E-state index contributed by atoms with van der Waals surface area (Å²) < 4.78 is 0. The number of carbonyl (C=O) groups is 1. The fourth-order valence-corrected chi connectivity index (χ4v) is 1.46. The summed E-state index contributed by atoms with van der Waals surface area (Å²) in [7, 11) is 6.11. The molecule has 0 radical (unpaired) electrons. The number of rotatable bonds is 10. The maximum atomic E-state index is 11.0. The van der Waals surface area contributed by atoms with Gasteiger partial charge >= 0.3 is 5.97 Å². The van der Waals surface area contributed by atoms with Crippen LogP contribution in [0.5, 0.6) is 0 Å². The van der Waals surface area contributed by atoms with Gasteiger partial charge in [-0.1, -0.05) is 6.92 Å². The van der Waals surface area contributed by atoms with Crippen LogP contribution in [0.2, 0.25) is 0 Å². The molecule has 0 rings (SSSR count). The molecule has 5 heteroatoms. The number of carboxylic acids is 1. The van der Waals surface area contributed by atoms with Crippen molar-refractivity contribution in [2.45, 2.75) is 25.8 Å². The number of aliphatic carboxylic acids is 1. The van der Waals surface area contributed by atoms with Crippen LogP contribution >= 0.6 is 0 Å². The lowest BCUT2D eigenvalue weighted by atomic mass is 10.2. The molecule has 5 nitrogen and oxygen atoms in total. The highest BCUT2D eigenvalue weighted by Crippen LogP contribution is 1.96. The Hall–Kier alpha value is -0.650. The molecular weight excluding hydrogens is 218 g/mol. The van der Waals surface area contributed by atoms with Gasteiger partial charge in [0.2, 0.25) is 0 Å². The van der Waals surface area contributed by atoms with Crippen molar-refractivity contribution in [2.24, 2.45) is 0 Å². The van der Waals surface area contributed by atoms with Crippen LogP contribution in [0, 0.1) is 0 Å². The van der Waals surface area contributed by atoms with Gasteiger partial charge in [-0.05, 0) is 47.1 Å². The molecule has 0 heterocycles. The largest absolute Gasteiger partial charge is 0.480 e. The smallest absolute Gasteiger partial charge is 0.320 e. The second-order valence-corrected chi connectivity index (χ2v) is 4.74. The third-order valence-electron chi connectivity index (χ3n) is 2.67. The van der Waals surface area contributed by atoms with Crippen LogP contribution in [-0.4, -0.2) is 74.2 Å². The van der Waals surface area contributed by atoms with Gasteiger partial charge in [0.25, 0.3) is 0 Å². The first-order chi connectivity index (χ1) is 7.97. The predicted octanol–water partition coefficient (Wildman–Crippen LogP) is 0.323. The first-order valence-corrected chi connectivity index (χ1v) is 6.26. The first-order valence-electron chi connectivity index (χ1n) is 6.26. The summed E-state index contributed by atoms with van der Waals surface area (Å²) >= 11 is 0. The summed E-state index contributed by atoms with van der Waals surface area (Å²) in [5.41, 5.74) is 0. The summed E-state index contributed by atoms with van der Waals surface area (Å²) in [6.07, 6.45) is 1.61. The van der Waals surface area contributed by atoms with Crippen molar-refractivity contribution < 1.29 is 9.90 Å². The van der Waals surface area contributed by atoms with Crippen molar-refractivity contribution in [1.82, 2.24) is 15.1 Å². The lowest BCUT2D eigenvalue weighted by molar-refractivity contribution is -0.139. The van der Waals surface area contributed by atoms with Crippen molar-refractivity contribution in [1.29, 1.82) is 0 Å². The zero-order chi connectivity index (χ0) is 13.3. The van der Waals surface area contributed by atoms with Gasteiger partial charge in [0, 0.05) is 13.1 Å². The van der Waals surface area contributed by atoms with Gasteiger partial charge in [0.15, 0.2) is 0 Å². The molecule has 0 aromatic heterocycles. The molecule has 0 aliphatic rings. The molecule has 1 atom stereocenters. The summed E-state index contributed by atoms with van der Waals surface area (Å²) in [4.78, 5) is 15.3. The van der Waals surface area contributed by atoms with Crippen LogP contribution in [0.1, 0.15) is 19.8 Å². The number of carboxylic acid groups (broad SMARTS) is 1. The zero-order valence-corrected chi connectivity index (χ0v) is 11.6. The van der Waals surface area contributed by atoms with Gasteiger partial charge in [0.1, 0.15) is 6.04 Å². The molecule has 0 saturated carbocycles. The van der Waals surface area contributed by atoms with E-state index in [0.29, 0.717) is 6.42 Å². The quantitative estimate of drug-likeness (QED) is 0.580. The van der Waals surface area contributed by atoms with E-state index >= 15 is 0 Å². The second-order valence-electron chi connectivity index (χ2n) is 4.74. The van der Waals surface area contributed by atoms with Gasteiger partial charge in [-0.3, -0.25) is 4.79 Å². The number of nitrogens with one attached hydrogen (secondary N) is 1. The Morgan fingerprint density at radius 2 is 1.88 bits per heavy atom. The van der Waals surface area contributed by atoms with E-state index in [9.17, 15) is 4.79 Å². The van der Waals surface area contributed by atoms with Crippen LogP contribution in [0.15, 0.2) is 0 Å². The Morgan fingerprint density at radius 1 is 1.24 bits per heavy atom. The van der Waals surface area contributed by atoms with E-state index < -0.39 is 12.0 Å². The predicted molar refractivity (Wildman–Crippen MR) is 70.4 cm³/mol. The monoisotopic (exact) mass is 245 g/mol. The van der Waals surface area contributed by atoms with E-state index in [1.54, 1.807) is 0 Å². The average Bonchev–Trinajstić information content (AvgIpc) is 2.25. The van der Waals surface area contributed by atoms with Crippen LogP contribution in [0.3, 0.4) is 0 Å². The van der Waals surface area contributed by atoms with E-state index in [0.717, 1.165) is 32.6 Å². The molecule has 0 aromatic carbocycles. The molecule has 0 aromatic rings. The molecular formula is C12H27N3O2. The van der Waals surface area contributed by atoms with Gasteiger partial charge < -0.3 is 20.2 Å². The molecule has 0 aliphatic carbocycles. The number of hydrogen-bond acceptors (Lipinski definition) is 4. The molecule has 2 N–H and O–H groups in total. The van der Waals surface area contributed by atoms with Gasteiger partial charge in [-0.2, -0.15) is 0 Å². The van der Waals surface area contributed by atoms with Crippen molar-refractivity contribution in [2.75, 3.05) is 47.3 Å². The topological polar surface area (TPSA) is 55.8 Å². The summed E-state index contributed by atoms with van der Waals surface area (Å²) in [5.74, 6) is -0.751. The average molecular weight is 245 g/mol. The van der Waals surface area contributed by atoms with Crippen molar-refractivity contribution >= 4 is 5.97 Å². The van der Waals surface area contributed by atoms with E-state index in [-0.39, 0.29) is 0 Å². The van der Waals surface area contributed by atoms with Gasteiger partial charge in [-0.25, -0.2) is 0 Å². The summed E-state index contributed by atoms with van der Waals surface area (Å²) in [5, 5.41) is 12.1. The molecule has 1 unspecified atom stereocenters. The molecule has 0 aliphatic heterocycles. The van der Waals surface area contributed by atoms with Crippen LogP contribution in [0.25, 0.3) is 0 Å². The van der Waals surface area contributed by atoms with E-state index in [1.807, 2.05) is 28.1 Å². The maximum absolute atomic E-state index is 11.0. The van der Waals surface area contributed by atoms with Gasteiger partial charge in [-0.15, -0.1) is 0 Å². The Morgan fingerprint density at radius 3 is 2.35 bits per heavy atom. The molecule has 17 heavy (non-hydrogen) atoms. The molecule has 102 valence electrons. The molecule has 0 amide bonds. The third-order valence-corrected chi connectivity index (χ3v) is 2.67. The molecule has 0 bridgehead atoms. The minimum atomic E-state index is -0.751. The zero-order valence-electron chi connectivity index (χ0n) is 11.6. The minimum absolute atomic E-state index is 0.420. The highest BCUT2D eigenvalue weighted by atomic mass is 16.4. The lowest BCUT2D eigenvalue weighted by Crippen LogP contribution is -2.40. The highest BCUT2D eigenvalue weighted by molar-refractivity contribution is 5.73. The van der Waals surface area contributed by atoms with Crippen molar-refractivity contribution in [3.05, 3.63) is 0 Å². The van der Waals surface area contributed by atoms with Crippen LogP contribution < -0.4 is 5.32 Å². The maximum Gasteiger partial charge on any atom is 0.320 e. The highest BCUT2D eigenvalue weighted by Gasteiger charge is 2.16. The Kier molecular flexibility index (Phi) is 9.03. The van der Waals surface area contributed by atoms with Gasteiger partial charge in [0.05, 0.1) is 0 Å². The third kappa shape index (κ3) is 9.09. The SMILES string of the molecule is CCCNC(CCN(C)CCN(C)C)C(=O)O. The second kappa shape index (κ2) is 9.39. The Labute approximate surface area is 105 Å². The standard InChI is InChI=1S/C12H27N3O2/c1-5-7-13-11(12(16)17)6-8-15(4)10-9-14(2)3/h11,13H,5-10H2,1-4H3,(H,16,17). The fraction of sp³-hybridized carbons (Fsp3) is 0.917. The van der Waals surface area contributed by atoms with E-state index in [1.165, 1.54) is 0 Å². The molecule has 0 fully saturated rings. The van der Waals surface area contributed by atoms with Crippen molar-refractivity contribution in [3.8, 4) is 0 Å². The molecule has 0 saturated heterocycles. The number of hydrogen-bond donors (Lipinski definition) is 2. The van der Waals surface area contributed by atoms with E-state index in [2.05, 4.69) is 15.1 Å². The Balaban J connectivity index is 3.82. The normalized spacial score (nSPS) is 13.3. The van der Waals surface area contributed by atoms with Crippen LogP contribution in [0.4, 0.5) is 0 Å². The van der Waals surface area contributed by atoms with Crippen molar-refractivity contribution in [3.63, 3.8) is 0 Å². The number of nitrogens with zero attached hydrogens (tertiary/aromatic N) is 2. The number of likely N-dealkylation sites (N-methyl/N-ethyl adjacent to an activating group) is 2. The molecule has 0 spiro atoms. The van der Waals surface area contributed by atoms with Crippen LogP contribution in [-0.2, 0) is 4.79 Å². The minimum Gasteiger partial charge on any atom is -0.480 e. The fourth-order valence-electron chi connectivity index (χ4n) is 1.46. The lowest BCUT2D eigenvalue weighted by Gasteiger charge is -2.21. The first kappa shape index (κ1) is 16.4. The summed E-state index contributed by atoms with van der Waals surface area (Å²) in [6.45, 7) is 5.57. The van der Waals surface area contributed by atoms with E-state index in [4.69, 9.17) is 5.11 Å². The Bertz CT molecular complexity index is 210. The summed E-state index contributed by atoms with van der Waals surface area (Å²) in [6, 6.07) is -0.420.